The van der Waals surface area contributed by atoms with Gasteiger partial charge in [0.15, 0.2) is 0 Å². The number of hydrogen-bond acceptors (Lipinski definition) is 5. The summed E-state index contributed by atoms with van der Waals surface area (Å²) in [6, 6.07) is 15.3. The van der Waals surface area contributed by atoms with Gasteiger partial charge in [-0.05, 0) is 36.3 Å². The minimum Gasteiger partial charge on any atom is -0.481 e. The lowest BCUT2D eigenvalue weighted by molar-refractivity contribution is -0.138. The van der Waals surface area contributed by atoms with Crippen molar-refractivity contribution in [1.29, 1.82) is 0 Å². The van der Waals surface area contributed by atoms with Gasteiger partial charge in [-0.1, -0.05) is 48.5 Å². The van der Waals surface area contributed by atoms with E-state index in [9.17, 15) is 14.4 Å². The van der Waals surface area contributed by atoms with Gasteiger partial charge in [0.05, 0.1) is 6.42 Å². The Morgan fingerprint density at radius 1 is 1.00 bits per heavy atom. The third-order valence-corrected chi connectivity index (χ3v) is 5.52. The van der Waals surface area contributed by atoms with E-state index in [0.29, 0.717) is 0 Å². The predicted molar refractivity (Wildman–Crippen MR) is 120 cm³/mol. The number of alkyl carbamates (subject to hydrolysis) is 1. The first-order chi connectivity index (χ1) is 15.3. The molecule has 2 aromatic rings. The molecular weight excluding hydrogens is 410 g/mol. The summed E-state index contributed by atoms with van der Waals surface area (Å²) >= 11 is 0. The molecule has 0 saturated heterocycles. The van der Waals surface area contributed by atoms with E-state index in [1.165, 1.54) is 11.9 Å². The molecule has 0 unspecified atom stereocenters. The molecule has 0 bridgehead atoms. The van der Waals surface area contributed by atoms with Crippen molar-refractivity contribution in [3.8, 4) is 11.1 Å². The number of amides is 2. The minimum absolute atomic E-state index is 0.0600. The first-order valence-corrected chi connectivity index (χ1v) is 10.5. The molecule has 0 fully saturated rings. The van der Waals surface area contributed by atoms with Crippen LogP contribution in [-0.4, -0.2) is 79.8 Å². The standard InChI is InChI=1S/C24H29N3O5/c1-26(2)14-21(23(30)27(3)13-12-22(28)29)25-24(31)32-15-20-18-10-6-4-8-16(18)17-9-5-7-11-19(17)20/h4-11,20-21H,12-15H2,1-3H3,(H,25,31)(H,28,29)/t21-/m0/s1. The van der Waals surface area contributed by atoms with E-state index in [4.69, 9.17) is 9.84 Å². The van der Waals surface area contributed by atoms with Crippen LogP contribution in [0.15, 0.2) is 48.5 Å². The number of carboxylic acids is 1. The Hall–Kier alpha value is -3.39. The third kappa shape index (κ3) is 5.45. The van der Waals surface area contributed by atoms with Crippen molar-refractivity contribution in [3.63, 3.8) is 0 Å². The van der Waals surface area contributed by atoms with Crippen LogP contribution >= 0.6 is 0 Å². The number of carbonyl (C=O) groups excluding carboxylic acids is 2. The van der Waals surface area contributed by atoms with E-state index in [2.05, 4.69) is 17.4 Å². The van der Waals surface area contributed by atoms with Crippen LogP contribution in [0.5, 0.6) is 0 Å². The highest BCUT2D eigenvalue weighted by atomic mass is 16.5. The second kappa shape index (κ2) is 10.3. The Bertz CT molecular complexity index is 946. The van der Waals surface area contributed by atoms with Crippen molar-refractivity contribution in [2.75, 3.05) is 40.8 Å². The van der Waals surface area contributed by atoms with Crippen LogP contribution in [0.2, 0.25) is 0 Å². The Morgan fingerprint density at radius 2 is 1.56 bits per heavy atom. The zero-order valence-corrected chi connectivity index (χ0v) is 18.6. The normalized spacial score (nSPS) is 13.2. The van der Waals surface area contributed by atoms with Crippen molar-refractivity contribution in [2.45, 2.75) is 18.4 Å². The van der Waals surface area contributed by atoms with Crippen LogP contribution in [-0.2, 0) is 14.3 Å². The summed E-state index contributed by atoms with van der Waals surface area (Å²) in [6.45, 7) is 0.475. The first-order valence-electron chi connectivity index (χ1n) is 10.5. The number of nitrogens with one attached hydrogen (secondary N) is 1. The number of aliphatic carboxylic acids is 1. The zero-order valence-electron chi connectivity index (χ0n) is 18.6. The Morgan fingerprint density at radius 3 is 2.09 bits per heavy atom. The van der Waals surface area contributed by atoms with E-state index in [1.807, 2.05) is 36.4 Å². The van der Waals surface area contributed by atoms with Gasteiger partial charge in [-0.3, -0.25) is 9.59 Å². The number of carboxylic acid groups (broad SMARTS) is 1. The SMILES string of the molecule is CN(C)C[C@H](NC(=O)OCC1c2ccccc2-c2ccccc21)C(=O)N(C)CCC(=O)O. The smallest absolute Gasteiger partial charge is 0.407 e. The molecule has 0 aromatic heterocycles. The van der Waals surface area contributed by atoms with Crippen molar-refractivity contribution in [2.24, 2.45) is 0 Å². The lowest BCUT2D eigenvalue weighted by Crippen LogP contribution is -2.52. The van der Waals surface area contributed by atoms with Gasteiger partial charge >= 0.3 is 12.1 Å². The first kappa shape index (κ1) is 23.3. The van der Waals surface area contributed by atoms with Crippen molar-refractivity contribution >= 4 is 18.0 Å². The van der Waals surface area contributed by atoms with Crippen molar-refractivity contribution in [3.05, 3.63) is 59.7 Å². The number of hydrogen-bond donors (Lipinski definition) is 2. The molecule has 0 saturated carbocycles. The predicted octanol–water partition coefficient (Wildman–Crippen LogP) is 2.39. The van der Waals surface area contributed by atoms with Crippen LogP contribution in [0.3, 0.4) is 0 Å². The number of fused-ring (bicyclic) bond motifs is 3. The van der Waals surface area contributed by atoms with Crippen LogP contribution < -0.4 is 5.32 Å². The number of benzene rings is 2. The Labute approximate surface area is 187 Å². The van der Waals surface area contributed by atoms with E-state index in [1.54, 1.807) is 19.0 Å². The number of ether oxygens (including phenoxy) is 1. The molecular formula is C24H29N3O5. The monoisotopic (exact) mass is 439 g/mol. The summed E-state index contributed by atoms with van der Waals surface area (Å²) in [4.78, 5) is 39.2. The number of likely N-dealkylation sites (N-methyl/N-ethyl adjacent to an activating group) is 2. The maximum absolute atomic E-state index is 12.8. The highest BCUT2D eigenvalue weighted by Gasteiger charge is 2.30. The third-order valence-electron chi connectivity index (χ3n) is 5.52. The molecule has 1 aliphatic carbocycles. The Balaban J connectivity index is 1.65. The van der Waals surface area contributed by atoms with Gasteiger partial charge in [-0.25, -0.2) is 4.79 Å². The second-order valence-electron chi connectivity index (χ2n) is 8.19. The average Bonchev–Trinajstić information content (AvgIpc) is 3.08. The van der Waals surface area contributed by atoms with Gasteiger partial charge in [0.25, 0.3) is 0 Å². The second-order valence-corrected chi connectivity index (χ2v) is 8.19. The maximum Gasteiger partial charge on any atom is 0.407 e. The molecule has 1 atom stereocenters. The van der Waals surface area contributed by atoms with Crippen LogP contribution in [0.25, 0.3) is 11.1 Å². The average molecular weight is 440 g/mol. The fourth-order valence-corrected chi connectivity index (χ4v) is 3.97. The summed E-state index contributed by atoms with van der Waals surface area (Å²) in [5.74, 6) is -1.43. The van der Waals surface area contributed by atoms with Crippen LogP contribution in [0.4, 0.5) is 4.79 Å². The minimum atomic E-state index is -0.988. The highest BCUT2D eigenvalue weighted by Crippen LogP contribution is 2.44. The van der Waals surface area contributed by atoms with Gasteiger partial charge < -0.3 is 25.0 Å². The van der Waals surface area contributed by atoms with E-state index in [-0.39, 0.29) is 37.9 Å². The summed E-state index contributed by atoms with van der Waals surface area (Å²) in [6.07, 6.45) is -0.847. The van der Waals surface area contributed by atoms with Crippen molar-refractivity contribution < 1.29 is 24.2 Å². The highest BCUT2D eigenvalue weighted by molar-refractivity contribution is 5.86. The molecule has 0 aliphatic heterocycles. The topological polar surface area (TPSA) is 99.2 Å². The van der Waals surface area contributed by atoms with E-state index >= 15 is 0 Å². The molecule has 0 radical (unpaired) electrons. The summed E-state index contributed by atoms with van der Waals surface area (Å²) in [7, 11) is 5.10. The molecule has 8 nitrogen and oxygen atoms in total. The molecule has 2 aromatic carbocycles. The lowest BCUT2D eigenvalue weighted by Gasteiger charge is -2.26. The van der Waals surface area contributed by atoms with Crippen LogP contribution in [0, 0.1) is 0 Å². The van der Waals surface area contributed by atoms with Crippen molar-refractivity contribution in [1.82, 2.24) is 15.1 Å². The molecule has 32 heavy (non-hydrogen) atoms. The van der Waals surface area contributed by atoms with Gasteiger partial charge in [0, 0.05) is 26.1 Å². The summed E-state index contributed by atoms with van der Waals surface area (Å²) < 4.78 is 5.55. The zero-order chi connectivity index (χ0) is 23.3. The lowest BCUT2D eigenvalue weighted by atomic mass is 9.98. The van der Waals surface area contributed by atoms with Crippen LogP contribution in [0.1, 0.15) is 23.5 Å². The fraction of sp³-hybridized carbons (Fsp3) is 0.375. The molecule has 170 valence electrons. The number of carbonyl (C=O) groups is 3. The van der Waals surface area contributed by atoms with E-state index in [0.717, 1.165) is 22.3 Å². The largest absolute Gasteiger partial charge is 0.481 e. The van der Waals surface area contributed by atoms with Gasteiger partial charge in [0.1, 0.15) is 12.6 Å². The summed E-state index contributed by atoms with van der Waals surface area (Å²) in [5.41, 5.74) is 4.49. The molecule has 2 amide bonds. The van der Waals surface area contributed by atoms with Gasteiger partial charge in [-0.2, -0.15) is 0 Å². The molecule has 2 N–H and O–H groups in total. The summed E-state index contributed by atoms with van der Waals surface area (Å²) in [5, 5.41) is 11.5. The molecule has 0 heterocycles. The molecule has 1 aliphatic rings. The van der Waals surface area contributed by atoms with E-state index < -0.39 is 18.1 Å². The molecule has 3 rings (SSSR count). The molecule has 8 heteroatoms. The molecule has 0 spiro atoms. The van der Waals surface area contributed by atoms with Gasteiger partial charge in [-0.15, -0.1) is 0 Å². The van der Waals surface area contributed by atoms with Gasteiger partial charge in [0.2, 0.25) is 5.91 Å². The fourth-order valence-electron chi connectivity index (χ4n) is 3.97. The Kier molecular flexibility index (Phi) is 7.48. The number of rotatable bonds is 9. The quantitative estimate of drug-likeness (QED) is 0.623. The number of nitrogens with zero attached hydrogens (tertiary/aromatic N) is 2. The maximum atomic E-state index is 12.8.